The van der Waals surface area contributed by atoms with Gasteiger partial charge in [-0.1, -0.05) is 0 Å². The van der Waals surface area contributed by atoms with Crippen molar-refractivity contribution in [3.63, 3.8) is 0 Å². The topological polar surface area (TPSA) is 99.0 Å². The van der Waals surface area contributed by atoms with E-state index in [-0.39, 0.29) is 28.9 Å². The van der Waals surface area contributed by atoms with Gasteiger partial charge in [0.05, 0.1) is 36.6 Å². The summed E-state index contributed by atoms with van der Waals surface area (Å²) in [6, 6.07) is 3.70. The number of nitrogens with one attached hydrogen (secondary N) is 1. The van der Waals surface area contributed by atoms with Crippen LogP contribution in [-0.2, 0) is 14.3 Å². The van der Waals surface area contributed by atoms with Gasteiger partial charge in [0.25, 0.3) is 0 Å². The zero-order chi connectivity index (χ0) is 19.2. The van der Waals surface area contributed by atoms with Crippen molar-refractivity contribution in [2.45, 2.75) is 24.9 Å². The summed E-state index contributed by atoms with van der Waals surface area (Å²) in [4.78, 5) is 23.1. The molecular formula is C19H22N4O5. The minimum Gasteiger partial charge on any atom is -0.409 e. The van der Waals surface area contributed by atoms with Gasteiger partial charge in [0, 0.05) is 20.2 Å². The maximum Gasteiger partial charge on any atom is 0.401 e. The van der Waals surface area contributed by atoms with Gasteiger partial charge in [-0.2, -0.15) is 4.98 Å². The highest BCUT2D eigenvalue weighted by Crippen LogP contribution is 2.69. The van der Waals surface area contributed by atoms with Crippen LogP contribution in [0.25, 0.3) is 0 Å². The molecule has 0 aromatic carbocycles. The van der Waals surface area contributed by atoms with E-state index in [1.807, 2.05) is 12.1 Å². The fourth-order valence-electron chi connectivity index (χ4n) is 4.27. The quantitative estimate of drug-likeness (QED) is 0.807. The van der Waals surface area contributed by atoms with Crippen molar-refractivity contribution in [2.24, 2.45) is 5.41 Å². The van der Waals surface area contributed by atoms with Crippen molar-refractivity contribution >= 4 is 17.6 Å². The molecule has 4 fully saturated rings. The first-order valence-corrected chi connectivity index (χ1v) is 9.39. The molecule has 2 aromatic heterocycles. The second-order valence-electron chi connectivity index (χ2n) is 7.70. The third kappa shape index (κ3) is 2.91. The van der Waals surface area contributed by atoms with Gasteiger partial charge in [-0.05, 0) is 31.4 Å². The van der Waals surface area contributed by atoms with Crippen LogP contribution in [-0.4, -0.2) is 54.9 Å². The summed E-state index contributed by atoms with van der Waals surface area (Å²) >= 11 is 0. The van der Waals surface area contributed by atoms with E-state index in [9.17, 15) is 4.79 Å². The van der Waals surface area contributed by atoms with Crippen molar-refractivity contribution < 1.29 is 23.4 Å². The standard InChI is InChI=1S/C19H22N4O5/c1-25-19-10-18(11-19,12-19)16(24)22-15-9-21-17(28-15)27-13-2-3-14(20-8-13)23-4-6-26-7-5-23/h2-3,8-9H,4-7,10-12H2,1H3,(H,22,24). The van der Waals surface area contributed by atoms with E-state index < -0.39 is 0 Å². The molecule has 9 nitrogen and oxygen atoms in total. The second-order valence-corrected chi connectivity index (χ2v) is 7.70. The van der Waals surface area contributed by atoms with Gasteiger partial charge in [0.2, 0.25) is 11.8 Å². The van der Waals surface area contributed by atoms with Crippen LogP contribution in [0, 0.1) is 5.41 Å². The van der Waals surface area contributed by atoms with Crippen molar-refractivity contribution in [1.82, 2.24) is 9.97 Å². The Morgan fingerprint density at radius 2 is 1.96 bits per heavy atom. The molecule has 1 saturated heterocycles. The summed E-state index contributed by atoms with van der Waals surface area (Å²) in [5.41, 5.74) is -0.392. The molecule has 2 aromatic rings. The Kier molecular flexibility index (Phi) is 4.02. The lowest BCUT2D eigenvalue weighted by Gasteiger charge is -2.67. The number of amides is 1. The molecule has 9 heteroatoms. The number of methoxy groups -OCH3 is 1. The highest BCUT2D eigenvalue weighted by Gasteiger charge is 2.72. The maximum absolute atomic E-state index is 12.4. The predicted molar refractivity (Wildman–Crippen MR) is 98.5 cm³/mol. The Labute approximate surface area is 162 Å². The number of hydrogen-bond acceptors (Lipinski definition) is 8. The van der Waals surface area contributed by atoms with Crippen molar-refractivity contribution in [3.8, 4) is 11.8 Å². The normalized spacial score (nSPS) is 28.2. The molecule has 0 radical (unpaired) electrons. The Morgan fingerprint density at radius 3 is 2.64 bits per heavy atom. The molecule has 148 valence electrons. The van der Waals surface area contributed by atoms with Gasteiger partial charge in [-0.15, -0.1) is 0 Å². The number of morpholine rings is 1. The molecular weight excluding hydrogens is 364 g/mol. The van der Waals surface area contributed by atoms with Gasteiger partial charge in [0.15, 0.2) is 5.75 Å². The highest BCUT2D eigenvalue weighted by atomic mass is 16.6. The maximum atomic E-state index is 12.4. The minimum atomic E-state index is -0.316. The zero-order valence-electron chi connectivity index (χ0n) is 15.6. The SMILES string of the molecule is COC12CC(C(=O)Nc3cnc(Oc4ccc(N5CCOCC5)nc4)o3)(C1)C2. The Hall–Kier alpha value is -2.65. The van der Waals surface area contributed by atoms with Gasteiger partial charge in [-0.25, -0.2) is 4.98 Å². The Balaban J connectivity index is 1.17. The van der Waals surface area contributed by atoms with Crippen LogP contribution in [0.15, 0.2) is 28.9 Å². The second kappa shape index (κ2) is 6.46. The monoisotopic (exact) mass is 386 g/mol. The number of carbonyl (C=O) groups is 1. The lowest BCUT2D eigenvalue weighted by molar-refractivity contribution is -0.260. The van der Waals surface area contributed by atoms with Crippen LogP contribution in [0.2, 0.25) is 0 Å². The average molecular weight is 386 g/mol. The summed E-state index contributed by atoms with van der Waals surface area (Å²) in [6.07, 6.45) is 5.42. The minimum absolute atomic E-state index is 0.0503. The first-order chi connectivity index (χ1) is 13.6. The van der Waals surface area contributed by atoms with E-state index in [4.69, 9.17) is 18.6 Å². The largest absolute Gasteiger partial charge is 0.409 e. The summed E-state index contributed by atoms with van der Waals surface area (Å²) in [7, 11) is 1.70. The van der Waals surface area contributed by atoms with Crippen LogP contribution < -0.4 is 15.0 Å². The van der Waals surface area contributed by atoms with E-state index in [2.05, 4.69) is 20.2 Å². The molecule has 6 rings (SSSR count). The number of oxazole rings is 1. The van der Waals surface area contributed by atoms with Crippen molar-refractivity contribution in [3.05, 3.63) is 24.5 Å². The van der Waals surface area contributed by atoms with E-state index in [0.29, 0.717) is 19.0 Å². The molecule has 1 aliphatic heterocycles. The molecule has 28 heavy (non-hydrogen) atoms. The number of carbonyl (C=O) groups excluding carboxylic acids is 1. The zero-order valence-corrected chi connectivity index (χ0v) is 15.6. The smallest absolute Gasteiger partial charge is 0.401 e. The van der Waals surface area contributed by atoms with Crippen LogP contribution in [0.1, 0.15) is 19.3 Å². The molecule has 4 aliphatic rings. The van der Waals surface area contributed by atoms with Gasteiger partial charge >= 0.3 is 6.08 Å². The predicted octanol–water partition coefficient (Wildman–Crippen LogP) is 2.21. The number of pyridine rings is 1. The lowest BCUT2D eigenvalue weighted by atomic mass is 9.41. The van der Waals surface area contributed by atoms with Crippen LogP contribution >= 0.6 is 0 Å². The first kappa shape index (κ1) is 17.4. The number of rotatable bonds is 6. The number of nitrogens with zero attached hydrogens (tertiary/aromatic N) is 3. The highest BCUT2D eigenvalue weighted by molar-refractivity contribution is 5.97. The van der Waals surface area contributed by atoms with Crippen molar-refractivity contribution in [2.75, 3.05) is 43.6 Å². The summed E-state index contributed by atoms with van der Waals surface area (Å²) < 4.78 is 21.9. The number of ether oxygens (including phenoxy) is 3. The molecule has 1 amide bonds. The molecule has 0 atom stereocenters. The summed E-state index contributed by atoms with van der Waals surface area (Å²) in [5, 5.41) is 2.78. The molecule has 3 aliphatic carbocycles. The molecule has 0 spiro atoms. The van der Waals surface area contributed by atoms with Crippen molar-refractivity contribution in [1.29, 1.82) is 0 Å². The van der Waals surface area contributed by atoms with Gasteiger partial charge < -0.3 is 23.5 Å². The third-order valence-corrected chi connectivity index (χ3v) is 5.88. The van der Waals surface area contributed by atoms with E-state index in [1.165, 1.54) is 6.20 Å². The molecule has 2 bridgehead atoms. The third-order valence-electron chi connectivity index (χ3n) is 5.88. The van der Waals surface area contributed by atoms with Gasteiger partial charge in [0.1, 0.15) is 5.82 Å². The molecule has 0 unspecified atom stereocenters. The summed E-state index contributed by atoms with van der Waals surface area (Å²) in [5.74, 6) is 1.61. The fourth-order valence-corrected chi connectivity index (χ4v) is 4.27. The number of hydrogen-bond donors (Lipinski definition) is 1. The first-order valence-electron chi connectivity index (χ1n) is 9.39. The van der Waals surface area contributed by atoms with E-state index in [1.54, 1.807) is 13.3 Å². The van der Waals surface area contributed by atoms with E-state index >= 15 is 0 Å². The molecule has 3 heterocycles. The number of aromatic nitrogens is 2. The van der Waals surface area contributed by atoms with Gasteiger partial charge in [-0.3, -0.25) is 10.1 Å². The number of anilines is 2. The van der Waals surface area contributed by atoms with Crippen LogP contribution in [0.3, 0.4) is 0 Å². The Bertz CT molecular complexity index is 855. The average Bonchev–Trinajstić information content (AvgIpc) is 3.08. The van der Waals surface area contributed by atoms with Crippen LogP contribution in [0.5, 0.6) is 11.8 Å². The fraction of sp³-hybridized carbons (Fsp3) is 0.526. The van der Waals surface area contributed by atoms with E-state index in [0.717, 1.165) is 38.2 Å². The molecule has 1 N–H and O–H groups in total. The summed E-state index contributed by atoms with van der Waals surface area (Å²) in [6.45, 7) is 3.06. The molecule has 3 saturated carbocycles. The van der Waals surface area contributed by atoms with Crippen LogP contribution in [0.4, 0.5) is 11.7 Å². The Morgan fingerprint density at radius 1 is 1.18 bits per heavy atom. The lowest BCUT2D eigenvalue weighted by Crippen LogP contribution is -2.72.